The maximum atomic E-state index is 13.1. The molecule has 3 aromatic rings. The second-order valence-electron chi connectivity index (χ2n) is 6.67. The molecule has 3 N–H and O–H groups in total. The molecule has 0 heterocycles. The minimum absolute atomic E-state index is 0.0239. The lowest BCUT2D eigenvalue weighted by Gasteiger charge is -2.14. The standard InChI is InChI=1S/C22H19FN2O/c23-19-8-5-14(6-9-19)17-7-10-20(24)21(13-17)25-22(26)18-11-15-3-1-2-4-16(15)12-18/h1-10,13,18H,11-12,24H2,(H,25,26). The third-order valence-corrected chi connectivity index (χ3v) is 4.91. The van der Waals surface area contributed by atoms with Crippen molar-refractivity contribution < 1.29 is 9.18 Å². The van der Waals surface area contributed by atoms with Gasteiger partial charge in [-0.25, -0.2) is 4.39 Å². The number of hydrogen-bond acceptors (Lipinski definition) is 2. The number of benzene rings is 3. The molecule has 0 spiro atoms. The van der Waals surface area contributed by atoms with Crippen LogP contribution in [-0.4, -0.2) is 5.91 Å². The number of hydrogen-bond donors (Lipinski definition) is 2. The van der Waals surface area contributed by atoms with Crippen LogP contribution in [0.25, 0.3) is 11.1 Å². The molecule has 0 aromatic heterocycles. The highest BCUT2D eigenvalue weighted by Crippen LogP contribution is 2.30. The van der Waals surface area contributed by atoms with E-state index in [1.54, 1.807) is 18.2 Å². The maximum Gasteiger partial charge on any atom is 0.228 e. The molecule has 3 aromatic carbocycles. The van der Waals surface area contributed by atoms with E-state index < -0.39 is 0 Å². The van der Waals surface area contributed by atoms with E-state index in [-0.39, 0.29) is 17.6 Å². The largest absolute Gasteiger partial charge is 0.397 e. The molecule has 130 valence electrons. The molecular weight excluding hydrogens is 327 g/mol. The summed E-state index contributed by atoms with van der Waals surface area (Å²) in [5.41, 5.74) is 11.4. The van der Waals surface area contributed by atoms with Crippen molar-refractivity contribution in [2.45, 2.75) is 12.8 Å². The zero-order valence-electron chi connectivity index (χ0n) is 14.2. The summed E-state index contributed by atoms with van der Waals surface area (Å²) in [6, 6.07) is 19.9. The fourth-order valence-corrected chi connectivity index (χ4v) is 3.47. The summed E-state index contributed by atoms with van der Waals surface area (Å²) in [6.07, 6.45) is 1.50. The van der Waals surface area contributed by atoms with E-state index in [9.17, 15) is 9.18 Å². The first-order chi connectivity index (χ1) is 12.6. The van der Waals surface area contributed by atoms with E-state index in [1.807, 2.05) is 24.3 Å². The normalized spacial score (nSPS) is 13.4. The van der Waals surface area contributed by atoms with Crippen LogP contribution in [0.2, 0.25) is 0 Å². The van der Waals surface area contributed by atoms with Gasteiger partial charge in [0.2, 0.25) is 5.91 Å². The van der Waals surface area contributed by atoms with Crippen LogP contribution in [0.3, 0.4) is 0 Å². The molecule has 4 heteroatoms. The first-order valence-electron chi connectivity index (χ1n) is 8.63. The minimum atomic E-state index is -0.279. The first-order valence-corrected chi connectivity index (χ1v) is 8.63. The molecule has 0 saturated carbocycles. The van der Waals surface area contributed by atoms with Gasteiger partial charge < -0.3 is 11.1 Å². The summed E-state index contributed by atoms with van der Waals surface area (Å²) in [5.74, 6) is -0.385. The van der Waals surface area contributed by atoms with Gasteiger partial charge in [0.15, 0.2) is 0 Å². The molecule has 0 saturated heterocycles. The smallest absolute Gasteiger partial charge is 0.228 e. The van der Waals surface area contributed by atoms with E-state index in [0.29, 0.717) is 11.4 Å². The molecular formula is C22H19FN2O. The fraction of sp³-hybridized carbons (Fsp3) is 0.136. The van der Waals surface area contributed by atoms with Gasteiger partial charge in [0.1, 0.15) is 5.82 Å². The summed E-state index contributed by atoms with van der Waals surface area (Å²) in [7, 11) is 0. The highest BCUT2D eigenvalue weighted by molar-refractivity contribution is 5.97. The first kappa shape index (κ1) is 16.3. The van der Waals surface area contributed by atoms with Crippen LogP contribution in [-0.2, 0) is 17.6 Å². The number of amides is 1. The van der Waals surface area contributed by atoms with E-state index in [1.165, 1.54) is 23.3 Å². The Morgan fingerprint density at radius 1 is 0.923 bits per heavy atom. The topological polar surface area (TPSA) is 55.1 Å². The van der Waals surface area contributed by atoms with Crippen LogP contribution >= 0.6 is 0 Å². The number of carbonyl (C=O) groups is 1. The number of anilines is 2. The van der Waals surface area contributed by atoms with Crippen LogP contribution in [0, 0.1) is 11.7 Å². The Bertz CT molecular complexity index is 941. The second-order valence-corrected chi connectivity index (χ2v) is 6.67. The lowest BCUT2D eigenvalue weighted by atomic mass is 10.0. The van der Waals surface area contributed by atoms with Crippen LogP contribution < -0.4 is 11.1 Å². The molecule has 0 fully saturated rings. The summed E-state index contributed by atoms with van der Waals surface area (Å²) in [5, 5.41) is 2.97. The Hall–Kier alpha value is -3.14. The second kappa shape index (κ2) is 6.64. The molecule has 0 radical (unpaired) electrons. The minimum Gasteiger partial charge on any atom is -0.397 e. The van der Waals surface area contributed by atoms with Gasteiger partial charge in [-0.3, -0.25) is 4.79 Å². The number of halogens is 1. The van der Waals surface area contributed by atoms with Crippen molar-refractivity contribution in [1.29, 1.82) is 0 Å². The van der Waals surface area contributed by atoms with Gasteiger partial charge in [-0.1, -0.05) is 42.5 Å². The Labute approximate surface area is 151 Å². The predicted molar refractivity (Wildman–Crippen MR) is 102 cm³/mol. The highest BCUT2D eigenvalue weighted by Gasteiger charge is 2.27. The molecule has 3 nitrogen and oxygen atoms in total. The number of fused-ring (bicyclic) bond motifs is 1. The summed E-state index contributed by atoms with van der Waals surface area (Å²) in [4.78, 5) is 12.7. The molecule has 0 bridgehead atoms. The molecule has 4 rings (SSSR count). The van der Waals surface area contributed by atoms with Crippen LogP contribution in [0.4, 0.5) is 15.8 Å². The lowest BCUT2D eigenvalue weighted by Crippen LogP contribution is -2.23. The third-order valence-electron chi connectivity index (χ3n) is 4.91. The van der Waals surface area contributed by atoms with Crippen molar-refractivity contribution in [3.05, 3.63) is 83.7 Å². The maximum absolute atomic E-state index is 13.1. The molecule has 0 aliphatic heterocycles. The van der Waals surface area contributed by atoms with Crippen LogP contribution in [0.1, 0.15) is 11.1 Å². The average molecular weight is 346 g/mol. The van der Waals surface area contributed by atoms with Crippen LogP contribution in [0.15, 0.2) is 66.7 Å². The Morgan fingerprint density at radius 2 is 1.54 bits per heavy atom. The van der Waals surface area contributed by atoms with Crippen LogP contribution in [0.5, 0.6) is 0 Å². The number of nitrogen functional groups attached to an aromatic ring is 1. The van der Waals surface area contributed by atoms with Crippen molar-refractivity contribution in [3.8, 4) is 11.1 Å². The number of nitrogens with one attached hydrogen (secondary N) is 1. The highest BCUT2D eigenvalue weighted by atomic mass is 19.1. The third kappa shape index (κ3) is 3.18. The van der Waals surface area contributed by atoms with Crippen molar-refractivity contribution in [2.75, 3.05) is 11.1 Å². The van der Waals surface area contributed by atoms with E-state index in [0.717, 1.165) is 24.0 Å². The predicted octanol–water partition coefficient (Wildman–Crippen LogP) is 4.43. The lowest BCUT2D eigenvalue weighted by molar-refractivity contribution is -0.119. The Balaban J connectivity index is 1.54. The van der Waals surface area contributed by atoms with Gasteiger partial charge in [-0.15, -0.1) is 0 Å². The molecule has 1 aliphatic rings. The Morgan fingerprint density at radius 3 is 2.19 bits per heavy atom. The van der Waals surface area contributed by atoms with Crippen molar-refractivity contribution in [1.82, 2.24) is 0 Å². The van der Waals surface area contributed by atoms with Gasteiger partial charge in [0.05, 0.1) is 11.4 Å². The van der Waals surface area contributed by atoms with Crippen molar-refractivity contribution in [2.24, 2.45) is 5.92 Å². The summed E-state index contributed by atoms with van der Waals surface area (Å²) < 4.78 is 13.1. The number of rotatable bonds is 3. The molecule has 26 heavy (non-hydrogen) atoms. The number of carbonyl (C=O) groups excluding carboxylic acids is 1. The molecule has 1 amide bonds. The summed E-state index contributed by atoms with van der Waals surface area (Å²) >= 11 is 0. The number of nitrogens with two attached hydrogens (primary N) is 1. The van der Waals surface area contributed by atoms with E-state index in [2.05, 4.69) is 17.4 Å². The van der Waals surface area contributed by atoms with Gasteiger partial charge in [-0.05, 0) is 59.4 Å². The summed E-state index contributed by atoms with van der Waals surface area (Å²) in [6.45, 7) is 0. The monoisotopic (exact) mass is 346 g/mol. The van der Waals surface area contributed by atoms with Crippen molar-refractivity contribution >= 4 is 17.3 Å². The molecule has 0 atom stereocenters. The van der Waals surface area contributed by atoms with Gasteiger partial charge in [0, 0.05) is 5.92 Å². The fourth-order valence-electron chi connectivity index (χ4n) is 3.47. The van der Waals surface area contributed by atoms with Gasteiger partial charge in [-0.2, -0.15) is 0 Å². The molecule has 1 aliphatic carbocycles. The van der Waals surface area contributed by atoms with E-state index in [4.69, 9.17) is 5.73 Å². The Kier molecular flexibility index (Phi) is 4.17. The SMILES string of the molecule is Nc1ccc(-c2ccc(F)cc2)cc1NC(=O)C1Cc2ccccc2C1. The molecule has 0 unspecified atom stereocenters. The quantitative estimate of drug-likeness (QED) is 0.690. The van der Waals surface area contributed by atoms with Gasteiger partial charge >= 0.3 is 0 Å². The zero-order valence-corrected chi connectivity index (χ0v) is 14.2. The van der Waals surface area contributed by atoms with E-state index >= 15 is 0 Å². The van der Waals surface area contributed by atoms with Gasteiger partial charge in [0.25, 0.3) is 0 Å². The average Bonchev–Trinajstić information content (AvgIpc) is 3.09. The van der Waals surface area contributed by atoms with Crippen molar-refractivity contribution in [3.63, 3.8) is 0 Å². The zero-order chi connectivity index (χ0) is 18.1.